The van der Waals surface area contributed by atoms with E-state index in [1.807, 2.05) is 31.2 Å². The molecule has 1 aliphatic heterocycles. The van der Waals surface area contributed by atoms with Crippen LogP contribution in [-0.4, -0.2) is 68.5 Å². The van der Waals surface area contributed by atoms with E-state index in [1.54, 1.807) is 19.0 Å². The Bertz CT molecular complexity index is 906. The van der Waals surface area contributed by atoms with Gasteiger partial charge in [-0.05, 0) is 76.0 Å². The maximum absolute atomic E-state index is 12.2. The number of furan rings is 1. The van der Waals surface area contributed by atoms with Crippen LogP contribution >= 0.6 is 24.0 Å². The Morgan fingerprint density at radius 3 is 2.58 bits per heavy atom. The van der Waals surface area contributed by atoms with E-state index in [-0.39, 0.29) is 35.9 Å². The maximum Gasteiger partial charge on any atom is 0.253 e. The van der Waals surface area contributed by atoms with Crippen molar-refractivity contribution in [3.8, 4) is 0 Å². The zero-order chi connectivity index (χ0) is 22.9. The number of carbonyl (C=O) groups is 1. The normalized spacial score (nSPS) is 15.1. The van der Waals surface area contributed by atoms with Gasteiger partial charge in [-0.1, -0.05) is 12.1 Å². The number of rotatable bonds is 9. The van der Waals surface area contributed by atoms with Crippen LogP contribution in [0.1, 0.15) is 53.2 Å². The molecule has 1 atom stereocenters. The maximum atomic E-state index is 12.2. The number of amides is 1. The lowest BCUT2D eigenvalue weighted by atomic mass is 10.1. The summed E-state index contributed by atoms with van der Waals surface area (Å²) in [6, 6.07) is 12.1. The largest absolute Gasteiger partial charge is 0.465 e. The van der Waals surface area contributed by atoms with Crippen LogP contribution in [-0.2, 0) is 6.42 Å². The fourth-order valence-electron chi connectivity index (χ4n) is 4.03. The Kier molecular flexibility index (Phi) is 11.2. The minimum Gasteiger partial charge on any atom is -0.465 e. The van der Waals surface area contributed by atoms with Crippen molar-refractivity contribution in [2.24, 2.45) is 4.99 Å². The number of hydrogen-bond donors (Lipinski definition) is 2. The van der Waals surface area contributed by atoms with Crippen molar-refractivity contribution in [2.45, 2.75) is 39.2 Å². The molecule has 0 spiro atoms. The molecule has 33 heavy (non-hydrogen) atoms. The first-order valence-corrected chi connectivity index (χ1v) is 11.6. The van der Waals surface area contributed by atoms with Gasteiger partial charge in [-0.3, -0.25) is 14.7 Å². The minimum atomic E-state index is 0. The van der Waals surface area contributed by atoms with Crippen molar-refractivity contribution in [1.29, 1.82) is 0 Å². The van der Waals surface area contributed by atoms with E-state index in [0.29, 0.717) is 6.54 Å². The summed E-state index contributed by atoms with van der Waals surface area (Å²) >= 11 is 0. The molecule has 8 heteroatoms. The summed E-state index contributed by atoms with van der Waals surface area (Å²) in [7, 11) is 3.55. The first-order valence-electron chi connectivity index (χ1n) is 11.6. The molecule has 2 heterocycles. The predicted octanol–water partition coefficient (Wildman–Crippen LogP) is 3.84. The Labute approximate surface area is 215 Å². The van der Waals surface area contributed by atoms with E-state index in [0.717, 1.165) is 61.2 Å². The van der Waals surface area contributed by atoms with Gasteiger partial charge in [0.1, 0.15) is 11.5 Å². The highest BCUT2D eigenvalue weighted by Gasteiger charge is 2.25. The molecule has 1 aromatic heterocycles. The summed E-state index contributed by atoms with van der Waals surface area (Å²) in [4.78, 5) is 21.2. The molecular weight excluding hydrogens is 529 g/mol. The van der Waals surface area contributed by atoms with Crippen molar-refractivity contribution in [3.05, 3.63) is 59.0 Å². The molecule has 1 amide bonds. The van der Waals surface area contributed by atoms with Gasteiger partial charge in [-0.25, -0.2) is 0 Å². The number of nitrogens with zero attached hydrogens (tertiary/aromatic N) is 3. The number of carbonyl (C=O) groups excluding carboxylic acids is 1. The fourth-order valence-corrected chi connectivity index (χ4v) is 4.03. The molecule has 0 radical (unpaired) electrons. The third-order valence-corrected chi connectivity index (χ3v) is 5.72. The minimum absolute atomic E-state index is 0. The quantitative estimate of drug-likeness (QED) is 0.274. The van der Waals surface area contributed by atoms with E-state index < -0.39 is 0 Å². The number of halogens is 1. The molecule has 1 fully saturated rings. The summed E-state index contributed by atoms with van der Waals surface area (Å²) in [6.45, 7) is 8.42. The molecule has 182 valence electrons. The van der Waals surface area contributed by atoms with Crippen LogP contribution in [0.4, 0.5) is 0 Å². The molecule has 7 nitrogen and oxygen atoms in total. The van der Waals surface area contributed by atoms with Gasteiger partial charge in [-0.2, -0.15) is 0 Å². The molecule has 0 bridgehead atoms. The number of nitrogens with one attached hydrogen (secondary N) is 2. The number of hydrogen-bond acceptors (Lipinski definition) is 4. The van der Waals surface area contributed by atoms with Gasteiger partial charge in [0.2, 0.25) is 0 Å². The van der Waals surface area contributed by atoms with Gasteiger partial charge < -0.3 is 20.0 Å². The zero-order valence-corrected chi connectivity index (χ0v) is 22.6. The number of benzene rings is 1. The molecule has 0 aliphatic carbocycles. The second-order valence-electron chi connectivity index (χ2n) is 8.50. The van der Waals surface area contributed by atoms with E-state index in [4.69, 9.17) is 9.41 Å². The van der Waals surface area contributed by atoms with Crippen LogP contribution in [0.15, 0.2) is 45.8 Å². The standard InChI is InChI=1S/C25H37N5O2.HI/c1-5-26-25(27-14-13-20-9-8-10-21(17-20)24(31)29(3)4)28-18-22(30-15-6-7-16-30)23-12-11-19(2)32-23;/h8-12,17,22H,5-7,13-16,18H2,1-4H3,(H2,26,27,28);1H. The van der Waals surface area contributed by atoms with Crippen molar-refractivity contribution < 1.29 is 9.21 Å². The lowest BCUT2D eigenvalue weighted by Gasteiger charge is -2.24. The average Bonchev–Trinajstić information content (AvgIpc) is 3.46. The second-order valence-corrected chi connectivity index (χ2v) is 8.50. The van der Waals surface area contributed by atoms with Crippen molar-refractivity contribution in [1.82, 2.24) is 20.4 Å². The zero-order valence-electron chi connectivity index (χ0n) is 20.3. The molecule has 1 aliphatic rings. The Morgan fingerprint density at radius 1 is 1.18 bits per heavy atom. The molecule has 2 aromatic rings. The fraction of sp³-hybridized carbons (Fsp3) is 0.520. The Morgan fingerprint density at radius 2 is 1.94 bits per heavy atom. The van der Waals surface area contributed by atoms with Gasteiger partial charge in [0, 0.05) is 32.7 Å². The monoisotopic (exact) mass is 567 g/mol. The molecule has 1 unspecified atom stereocenters. The number of likely N-dealkylation sites (tertiary alicyclic amines) is 1. The smallest absolute Gasteiger partial charge is 0.253 e. The second kappa shape index (κ2) is 13.6. The Hall–Kier alpha value is -2.07. The topological polar surface area (TPSA) is 73.1 Å². The third-order valence-electron chi connectivity index (χ3n) is 5.72. The van der Waals surface area contributed by atoms with Crippen LogP contribution in [0.2, 0.25) is 0 Å². The van der Waals surface area contributed by atoms with Crippen LogP contribution in [0.25, 0.3) is 0 Å². The number of aryl methyl sites for hydroxylation is 1. The molecule has 1 aromatic carbocycles. The third kappa shape index (κ3) is 8.03. The summed E-state index contributed by atoms with van der Waals surface area (Å²) in [5.41, 5.74) is 1.84. The van der Waals surface area contributed by atoms with Crippen LogP contribution in [0.5, 0.6) is 0 Å². The molecule has 1 saturated heterocycles. The van der Waals surface area contributed by atoms with Gasteiger partial charge >= 0.3 is 0 Å². The predicted molar refractivity (Wildman–Crippen MR) is 145 cm³/mol. The van der Waals surface area contributed by atoms with Gasteiger partial charge in [0.25, 0.3) is 5.91 Å². The SMILES string of the molecule is CCNC(=NCC(c1ccc(C)o1)N1CCCC1)NCCc1cccc(C(=O)N(C)C)c1.I. The number of guanidine groups is 1. The first kappa shape index (κ1) is 27.2. The van der Waals surface area contributed by atoms with E-state index >= 15 is 0 Å². The molecule has 2 N–H and O–H groups in total. The summed E-state index contributed by atoms with van der Waals surface area (Å²) in [6.07, 6.45) is 3.27. The van der Waals surface area contributed by atoms with Gasteiger partial charge in [0.15, 0.2) is 5.96 Å². The lowest BCUT2D eigenvalue weighted by molar-refractivity contribution is 0.0827. The highest BCUT2D eigenvalue weighted by Crippen LogP contribution is 2.26. The highest BCUT2D eigenvalue weighted by molar-refractivity contribution is 14.0. The first-order chi connectivity index (χ1) is 15.5. The van der Waals surface area contributed by atoms with E-state index in [1.165, 1.54) is 12.8 Å². The van der Waals surface area contributed by atoms with Crippen LogP contribution < -0.4 is 10.6 Å². The van der Waals surface area contributed by atoms with Crippen LogP contribution in [0, 0.1) is 6.92 Å². The van der Waals surface area contributed by atoms with Gasteiger partial charge in [0.05, 0.1) is 12.6 Å². The summed E-state index contributed by atoms with van der Waals surface area (Å²) < 4.78 is 5.95. The van der Waals surface area contributed by atoms with Gasteiger partial charge in [-0.15, -0.1) is 24.0 Å². The van der Waals surface area contributed by atoms with E-state index in [9.17, 15) is 4.79 Å². The summed E-state index contributed by atoms with van der Waals surface area (Å²) in [5, 5.41) is 6.78. The summed E-state index contributed by atoms with van der Waals surface area (Å²) in [5.74, 6) is 2.76. The average molecular weight is 568 g/mol. The van der Waals surface area contributed by atoms with E-state index in [2.05, 4.69) is 34.6 Å². The van der Waals surface area contributed by atoms with Crippen LogP contribution in [0.3, 0.4) is 0 Å². The molecule has 3 rings (SSSR count). The van der Waals surface area contributed by atoms with Crippen molar-refractivity contribution >= 4 is 35.8 Å². The lowest BCUT2D eigenvalue weighted by Crippen LogP contribution is -2.39. The molecular formula is C25H38IN5O2. The highest BCUT2D eigenvalue weighted by atomic mass is 127. The number of aliphatic imine (C=N–C) groups is 1. The van der Waals surface area contributed by atoms with Crippen molar-refractivity contribution in [3.63, 3.8) is 0 Å². The van der Waals surface area contributed by atoms with Crippen molar-refractivity contribution in [2.75, 3.05) is 46.8 Å². The Balaban J connectivity index is 0.00000385. The molecule has 0 saturated carbocycles.